The molecule has 18 heavy (non-hydrogen) atoms. The standard InChI is InChI=1S/C14H17NO2.Rb/c1-6-7(2)9(4)12-11(8(6)3)10(5)13(15-12)14(16)17;/h15H,1-5H3,(H,16,17);/q;+1/p-1. The van der Waals surface area contributed by atoms with Gasteiger partial charge >= 0.3 is 58.2 Å². The SMILES string of the molecule is Cc1c(C)c(C)c2c(C)c(C(=O)[O-])[nH]c2c1C.[Rb+]. The molecular formula is C14H16NO2Rb. The summed E-state index contributed by atoms with van der Waals surface area (Å²) in [5.74, 6) is -1.15. The van der Waals surface area contributed by atoms with Gasteiger partial charge in [0.2, 0.25) is 0 Å². The largest absolute Gasteiger partial charge is 1.00 e. The van der Waals surface area contributed by atoms with Crippen LogP contribution in [0.25, 0.3) is 10.9 Å². The molecule has 1 heterocycles. The van der Waals surface area contributed by atoms with Gasteiger partial charge in [-0.25, -0.2) is 0 Å². The van der Waals surface area contributed by atoms with Gasteiger partial charge in [-0.2, -0.15) is 0 Å². The first-order chi connectivity index (χ1) is 7.86. The number of carbonyl (C=O) groups is 1. The Labute approximate surface area is 156 Å². The molecule has 0 aliphatic rings. The number of carboxylic acid groups (broad SMARTS) is 1. The Balaban J connectivity index is 0.00000162. The monoisotopic (exact) mass is 315 g/mol. The van der Waals surface area contributed by atoms with Gasteiger partial charge in [0, 0.05) is 10.9 Å². The summed E-state index contributed by atoms with van der Waals surface area (Å²) in [7, 11) is 0. The number of aromatic amines is 1. The van der Waals surface area contributed by atoms with Crippen LogP contribution in [-0.4, -0.2) is 11.0 Å². The minimum atomic E-state index is -1.15. The van der Waals surface area contributed by atoms with Gasteiger partial charge in [-0.15, -0.1) is 0 Å². The fourth-order valence-corrected chi connectivity index (χ4v) is 2.49. The fraction of sp³-hybridized carbons (Fsp3) is 0.357. The van der Waals surface area contributed by atoms with Crippen LogP contribution in [0.3, 0.4) is 0 Å². The molecule has 0 saturated carbocycles. The second-order valence-electron chi connectivity index (χ2n) is 4.66. The molecule has 0 amide bonds. The summed E-state index contributed by atoms with van der Waals surface area (Å²) in [5.41, 5.74) is 6.56. The Morgan fingerprint density at radius 2 is 1.39 bits per heavy atom. The molecule has 1 N–H and O–H groups in total. The molecule has 2 aromatic rings. The van der Waals surface area contributed by atoms with Crippen LogP contribution in [-0.2, 0) is 0 Å². The topological polar surface area (TPSA) is 55.9 Å². The summed E-state index contributed by atoms with van der Waals surface area (Å²) >= 11 is 0. The van der Waals surface area contributed by atoms with Crippen molar-refractivity contribution in [3.63, 3.8) is 0 Å². The van der Waals surface area contributed by atoms with E-state index in [0.29, 0.717) is 0 Å². The van der Waals surface area contributed by atoms with E-state index in [9.17, 15) is 9.90 Å². The number of nitrogens with one attached hydrogen (secondary N) is 1. The summed E-state index contributed by atoms with van der Waals surface area (Å²) in [6, 6.07) is 0. The van der Waals surface area contributed by atoms with Gasteiger partial charge in [0.25, 0.3) is 0 Å². The maximum absolute atomic E-state index is 11.0. The number of fused-ring (bicyclic) bond motifs is 1. The molecule has 0 aliphatic carbocycles. The molecule has 0 spiro atoms. The molecule has 0 aliphatic heterocycles. The number of benzene rings is 1. The van der Waals surface area contributed by atoms with Gasteiger partial charge in [0.1, 0.15) is 0 Å². The molecular weight excluding hydrogens is 300 g/mol. The van der Waals surface area contributed by atoms with Crippen LogP contribution in [0.2, 0.25) is 0 Å². The molecule has 0 fully saturated rings. The van der Waals surface area contributed by atoms with Crippen molar-refractivity contribution in [2.45, 2.75) is 34.6 Å². The van der Waals surface area contributed by atoms with Crippen LogP contribution < -0.4 is 63.3 Å². The van der Waals surface area contributed by atoms with E-state index < -0.39 is 5.97 Å². The van der Waals surface area contributed by atoms with E-state index in [1.807, 2.05) is 20.8 Å². The van der Waals surface area contributed by atoms with Crippen LogP contribution in [0.5, 0.6) is 0 Å². The van der Waals surface area contributed by atoms with Gasteiger partial charge in [0.05, 0.1) is 11.7 Å². The van der Waals surface area contributed by atoms with Crippen LogP contribution in [0.1, 0.15) is 38.3 Å². The number of H-pyrrole nitrogens is 1. The number of aromatic nitrogens is 1. The summed E-state index contributed by atoms with van der Waals surface area (Å²) < 4.78 is 0. The molecule has 0 atom stereocenters. The number of hydrogen-bond donors (Lipinski definition) is 1. The fourth-order valence-electron chi connectivity index (χ4n) is 2.49. The molecule has 0 unspecified atom stereocenters. The van der Waals surface area contributed by atoms with Gasteiger partial charge in [-0.3, -0.25) is 0 Å². The van der Waals surface area contributed by atoms with Crippen molar-refractivity contribution < 1.29 is 68.1 Å². The first-order valence-electron chi connectivity index (χ1n) is 5.66. The number of carbonyl (C=O) groups excluding carboxylic acids is 1. The number of rotatable bonds is 1. The van der Waals surface area contributed by atoms with E-state index in [4.69, 9.17) is 0 Å². The van der Waals surface area contributed by atoms with Gasteiger partial charge < -0.3 is 14.9 Å². The Hall–Kier alpha value is 0.0352. The first kappa shape index (κ1) is 16.1. The van der Waals surface area contributed by atoms with Crippen molar-refractivity contribution in [2.75, 3.05) is 0 Å². The van der Waals surface area contributed by atoms with Crippen LogP contribution in [0.4, 0.5) is 0 Å². The van der Waals surface area contributed by atoms with E-state index in [-0.39, 0.29) is 63.9 Å². The second-order valence-corrected chi connectivity index (χ2v) is 4.66. The van der Waals surface area contributed by atoms with E-state index >= 15 is 0 Å². The van der Waals surface area contributed by atoms with E-state index in [0.717, 1.165) is 27.6 Å². The predicted octanol–water partition coefficient (Wildman–Crippen LogP) is -0.922. The third-order valence-corrected chi connectivity index (χ3v) is 3.89. The zero-order valence-corrected chi connectivity index (χ0v) is 16.7. The average Bonchev–Trinajstić information content (AvgIpc) is 2.62. The molecule has 1 aromatic carbocycles. The zero-order chi connectivity index (χ0) is 12.9. The summed E-state index contributed by atoms with van der Waals surface area (Å²) in [6.07, 6.45) is 0. The van der Waals surface area contributed by atoms with Gasteiger partial charge in [0.15, 0.2) is 0 Å². The summed E-state index contributed by atoms with van der Waals surface area (Å²) in [5, 5.41) is 12.1. The van der Waals surface area contributed by atoms with Gasteiger partial charge in [-0.1, -0.05) is 0 Å². The third-order valence-electron chi connectivity index (χ3n) is 3.89. The van der Waals surface area contributed by atoms with Crippen molar-refractivity contribution in [1.82, 2.24) is 4.98 Å². The van der Waals surface area contributed by atoms with Crippen molar-refractivity contribution in [3.05, 3.63) is 33.5 Å². The molecule has 4 heteroatoms. The molecule has 1 aromatic heterocycles. The van der Waals surface area contributed by atoms with Gasteiger partial charge in [-0.05, 0) is 62.4 Å². The van der Waals surface area contributed by atoms with E-state index in [2.05, 4.69) is 18.8 Å². The third kappa shape index (κ3) is 2.26. The minimum absolute atomic E-state index is 0. The Morgan fingerprint density at radius 1 is 0.889 bits per heavy atom. The van der Waals surface area contributed by atoms with E-state index in [1.54, 1.807) is 0 Å². The average molecular weight is 316 g/mol. The molecule has 0 radical (unpaired) electrons. The van der Waals surface area contributed by atoms with E-state index in [1.165, 1.54) is 11.1 Å². The van der Waals surface area contributed by atoms with Crippen LogP contribution in [0.15, 0.2) is 0 Å². The minimum Gasteiger partial charge on any atom is -0.543 e. The maximum atomic E-state index is 11.0. The summed E-state index contributed by atoms with van der Waals surface area (Å²) in [6.45, 7) is 10.0. The Morgan fingerprint density at radius 3 is 1.89 bits per heavy atom. The Kier molecular flexibility index (Phi) is 4.98. The second kappa shape index (κ2) is 5.57. The number of aromatic carboxylic acids is 1. The quantitative estimate of drug-likeness (QED) is 0.740. The molecule has 3 nitrogen and oxygen atoms in total. The van der Waals surface area contributed by atoms with Crippen LogP contribution >= 0.6 is 0 Å². The number of aryl methyl sites for hydroxylation is 3. The van der Waals surface area contributed by atoms with Crippen molar-refractivity contribution in [1.29, 1.82) is 0 Å². The van der Waals surface area contributed by atoms with Crippen molar-refractivity contribution in [2.24, 2.45) is 0 Å². The normalized spacial score (nSPS) is 10.5. The molecule has 2 rings (SSSR count). The smallest absolute Gasteiger partial charge is 0.543 e. The Bertz CT molecular complexity index is 641. The molecule has 90 valence electrons. The predicted molar refractivity (Wildman–Crippen MR) is 66.3 cm³/mol. The summed E-state index contributed by atoms with van der Waals surface area (Å²) in [4.78, 5) is 14.0. The zero-order valence-electron chi connectivity index (χ0n) is 11.8. The van der Waals surface area contributed by atoms with Crippen molar-refractivity contribution >= 4 is 16.9 Å². The van der Waals surface area contributed by atoms with Crippen molar-refractivity contribution in [3.8, 4) is 0 Å². The molecule has 0 saturated heterocycles. The number of carboxylic acids is 1. The van der Waals surface area contributed by atoms with Crippen LogP contribution in [0, 0.1) is 34.6 Å². The maximum Gasteiger partial charge on any atom is 1.00 e. The number of hydrogen-bond acceptors (Lipinski definition) is 2. The molecule has 0 bridgehead atoms. The first-order valence-corrected chi connectivity index (χ1v) is 5.66.